The lowest BCUT2D eigenvalue weighted by molar-refractivity contribution is -0.129. The maximum atomic E-state index is 12.5. The zero-order chi connectivity index (χ0) is 11.1. The molecule has 3 aliphatic rings. The van der Waals surface area contributed by atoms with Crippen molar-refractivity contribution >= 4 is 5.78 Å². The standard InChI is InChI=1S/C15H24O/c1-2-10-5-3-4-6-14(10)15(16)13-8-11-7-12(11)9-13/h10-14H,2-9H2,1H3. The van der Waals surface area contributed by atoms with Crippen molar-refractivity contribution in [2.24, 2.45) is 29.6 Å². The van der Waals surface area contributed by atoms with Gasteiger partial charge in [0.2, 0.25) is 0 Å². The molecular formula is C15H24O. The summed E-state index contributed by atoms with van der Waals surface area (Å²) in [5.74, 6) is 4.22. The molecule has 0 aliphatic heterocycles. The molecule has 0 aromatic rings. The van der Waals surface area contributed by atoms with Gasteiger partial charge in [0.1, 0.15) is 5.78 Å². The van der Waals surface area contributed by atoms with Crippen LogP contribution in [-0.2, 0) is 4.79 Å². The molecule has 0 heterocycles. The van der Waals surface area contributed by atoms with Crippen LogP contribution in [0.15, 0.2) is 0 Å². The van der Waals surface area contributed by atoms with Crippen LogP contribution in [0.2, 0.25) is 0 Å². The maximum absolute atomic E-state index is 12.5. The highest BCUT2D eigenvalue weighted by atomic mass is 16.1. The van der Waals surface area contributed by atoms with Gasteiger partial charge in [-0.05, 0) is 49.9 Å². The number of ketones is 1. The second-order valence-electron chi connectivity index (χ2n) is 6.39. The van der Waals surface area contributed by atoms with E-state index in [1.165, 1.54) is 51.4 Å². The Morgan fingerprint density at radius 3 is 2.44 bits per heavy atom. The van der Waals surface area contributed by atoms with E-state index in [2.05, 4.69) is 6.92 Å². The number of hydrogen-bond acceptors (Lipinski definition) is 1. The number of rotatable bonds is 3. The molecule has 0 radical (unpaired) electrons. The van der Waals surface area contributed by atoms with Gasteiger partial charge in [0.15, 0.2) is 0 Å². The number of Topliss-reactive ketones (excluding diaryl/α,β-unsaturated/α-hetero) is 1. The van der Waals surface area contributed by atoms with Gasteiger partial charge < -0.3 is 0 Å². The normalized spacial score (nSPS) is 46.4. The summed E-state index contributed by atoms with van der Waals surface area (Å²) in [4.78, 5) is 12.5. The van der Waals surface area contributed by atoms with Gasteiger partial charge in [-0.15, -0.1) is 0 Å². The Bertz CT molecular complexity index is 273. The highest BCUT2D eigenvalue weighted by Crippen LogP contribution is 2.55. The smallest absolute Gasteiger partial charge is 0.139 e. The Balaban J connectivity index is 1.63. The molecule has 90 valence electrons. The van der Waals surface area contributed by atoms with Crippen LogP contribution in [0.4, 0.5) is 0 Å². The number of fused-ring (bicyclic) bond motifs is 1. The average Bonchev–Trinajstić information content (AvgIpc) is 2.95. The van der Waals surface area contributed by atoms with Crippen LogP contribution in [0.1, 0.15) is 58.3 Å². The largest absolute Gasteiger partial charge is 0.299 e. The van der Waals surface area contributed by atoms with Gasteiger partial charge in [-0.3, -0.25) is 4.79 Å². The first-order valence-corrected chi connectivity index (χ1v) is 7.33. The Morgan fingerprint density at radius 2 is 1.75 bits per heavy atom. The third kappa shape index (κ3) is 1.83. The van der Waals surface area contributed by atoms with Gasteiger partial charge in [0, 0.05) is 11.8 Å². The van der Waals surface area contributed by atoms with E-state index in [0.717, 1.165) is 17.8 Å². The lowest BCUT2D eigenvalue weighted by Crippen LogP contribution is -2.31. The summed E-state index contributed by atoms with van der Waals surface area (Å²) in [7, 11) is 0. The molecule has 0 amide bonds. The number of carbonyl (C=O) groups excluding carboxylic acids is 1. The fraction of sp³-hybridized carbons (Fsp3) is 0.933. The summed E-state index contributed by atoms with van der Waals surface area (Å²) in [5, 5.41) is 0. The molecule has 0 aromatic carbocycles. The van der Waals surface area contributed by atoms with E-state index in [1.54, 1.807) is 0 Å². The molecule has 0 bridgehead atoms. The minimum atomic E-state index is 0.446. The van der Waals surface area contributed by atoms with Crippen molar-refractivity contribution in [1.29, 1.82) is 0 Å². The topological polar surface area (TPSA) is 17.1 Å². The molecule has 1 nitrogen and oxygen atoms in total. The zero-order valence-corrected chi connectivity index (χ0v) is 10.5. The van der Waals surface area contributed by atoms with Crippen LogP contribution >= 0.6 is 0 Å². The van der Waals surface area contributed by atoms with Crippen molar-refractivity contribution in [2.75, 3.05) is 0 Å². The van der Waals surface area contributed by atoms with Crippen molar-refractivity contribution in [3.8, 4) is 0 Å². The minimum Gasteiger partial charge on any atom is -0.299 e. The van der Waals surface area contributed by atoms with Crippen molar-refractivity contribution in [1.82, 2.24) is 0 Å². The minimum absolute atomic E-state index is 0.446. The zero-order valence-electron chi connectivity index (χ0n) is 10.5. The molecule has 3 rings (SSSR count). The van der Waals surface area contributed by atoms with Gasteiger partial charge in [-0.1, -0.05) is 26.2 Å². The summed E-state index contributed by atoms with van der Waals surface area (Å²) < 4.78 is 0. The summed E-state index contributed by atoms with van der Waals surface area (Å²) in [6.07, 6.45) is 10.3. The number of carbonyl (C=O) groups is 1. The predicted molar refractivity (Wildman–Crippen MR) is 65.1 cm³/mol. The van der Waals surface area contributed by atoms with E-state index in [4.69, 9.17) is 0 Å². The summed E-state index contributed by atoms with van der Waals surface area (Å²) in [6.45, 7) is 2.27. The van der Waals surface area contributed by atoms with E-state index >= 15 is 0 Å². The van der Waals surface area contributed by atoms with Crippen LogP contribution in [0.5, 0.6) is 0 Å². The van der Waals surface area contributed by atoms with Gasteiger partial charge in [0.05, 0.1) is 0 Å². The highest BCUT2D eigenvalue weighted by Gasteiger charge is 2.49. The fourth-order valence-electron chi connectivity index (χ4n) is 4.32. The third-order valence-corrected chi connectivity index (χ3v) is 5.44. The fourth-order valence-corrected chi connectivity index (χ4v) is 4.32. The highest BCUT2D eigenvalue weighted by molar-refractivity contribution is 5.84. The predicted octanol–water partition coefficient (Wildman–Crippen LogP) is 3.82. The first-order chi connectivity index (χ1) is 7.79. The summed E-state index contributed by atoms with van der Waals surface area (Å²) in [5.41, 5.74) is 0. The molecule has 3 aliphatic carbocycles. The van der Waals surface area contributed by atoms with Gasteiger partial charge in [-0.25, -0.2) is 0 Å². The van der Waals surface area contributed by atoms with Crippen LogP contribution in [0.25, 0.3) is 0 Å². The Kier molecular flexibility index (Phi) is 2.81. The van der Waals surface area contributed by atoms with Gasteiger partial charge >= 0.3 is 0 Å². The molecule has 16 heavy (non-hydrogen) atoms. The molecule has 4 atom stereocenters. The molecule has 4 unspecified atom stereocenters. The quantitative estimate of drug-likeness (QED) is 0.706. The third-order valence-electron chi connectivity index (χ3n) is 5.44. The monoisotopic (exact) mass is 220 g/mol. The Hall–Kier alpha value is -0.330. The Morgan fingerprint density at radius 1 is 1.06 bits per heavy atom. The van der Waals surface area contributed by atoms with E-state index in [-0.39, 0.29) is 0 Å². The van der Waals surface area contributed by atoms with E-state index in [1.807, 2.05) is 0 Å². The van der Waals surface area contributed by atoms with Crippen molar-refractivity contribution < 1.29 is 4.79 Å². The molecule has 0 saturated heterocycles. The summed E-state index contributed by atoms with van der Waals surface area (Å²) in [6, 6.07) is 0. The molecule has 0 N–H and O–H groups in total. The maximum Gasteiger partial charge on any atom is 0.139 e. The van der Waals surface area contributed by atoms with E-state index in [9.17, 15) is 4.79 Å². The molecule has 0 spiro atoms. The molecule has 3 saturated carbocycles. The van der Waals surface area contributed by atoms with Crippen molar-refractivity contribution in [3.63, 3.8) is 0 Å². The molecular weight excluding hydrogens is 196 g/mol. The average molecular weight is 220 g/mol. The first kappa shape index (κ1) is 10.8. The lowest BCUT2D eigenvalue weighted by Gasteiger charge is -2.31. The number of hydrogen-bond donors (Lipinski definition) is 0. The SMILES string of the molecule is CCC1CCCCC1C(=O)C1CC2CC2C1. The van der Waals surface area contributed by atoms with Crippen LogP contribution in [0, 0.1) is 29.6 Å². The molecule has 1 heteroatoms. The van der Waals surface area contributed by atoms with Crippen LogP contribution in [-0.4, -0.2) is 5.78 Å². The van der Waals surface area contributed by atoms with E-state index < -0.39 is 0 Å². The van der Waals surface area contributed by atoms with Gasteiger partial charge in [-0.2, -0.15) is 0 Å². The van der Waals surface area contributed by atoms with E-state index in [0.29, 0.717) is 17.6 Å². The lowest BCUT2D eigenvalue weighted by atomic mass is 9.72. The molecule has 3 fully saturated rings. The van der Waals surface area contributed by atoms with Crippen molar-refractivity contribution in [3.05, 3.63) is 0 Å². The molecule has 0 aromatic heterocycles. The van der Waals surface area contributed by atoms with Gasteiger partial charge in [0.25, 0.3) is 0 Å². The first-order valence-electron chi connectivity index (χ1n) is 7.33. The van der Waals surface area contributed by atoms with Crippen LogP contribution in [0.3, 0.4) is 0 Å². The second kappa shape index (κ2) is 4.16. The Labute approximate surface area is 99.0 Å². The second-order valence-corrected chi connectivity index (χ2v) is 6.39. The van der Waals surface area contributed by atoms with Crippen molar-refractivity contribution in [2.45, 2.75) is 58.3 Å². The van der Waals surface area contributed by atoms with Crippen LogP contribution < -0.4 is 0 Å². The summed E-state index contributed by atoms with van der Waals surface area (Å²) >= 11 is 0.